The van der Waals surface area contributed by atoms with E-state index in [1.165, 1.54) is 11.8 Å². The molecular formula is C23H26N4O3S. The average Bonchev–Trinajstić information content (AvgIpc) is 3.17. The minimum absolute atomic E-state index is 0.131. The van der Waals surface area contributed by atoms with Crippen molar-refractivity contribution in [3.05, 3.63) is 72.1 Å². The van der Waals surface area contributed by atoms with Crippen molar-refractivity contribution in [1.82, 2.24) is 14.8 Å². The molecule has 0 bridgehead atoms. The highest BCUT2D eigenvalue weighted by Crippen LogP contribution is 2.21. The maximum Gasteiger partial charge on any atom is 0.234 e. The molecule has 1 N–H and O–H groups in total. The number of aryl methyl sites for hydroxylation is 1. The van der Waals surface area contributed by atoms with Crippen LogP contribution in [0.3, 0.4) is 0 Å². The lowest BCUT2D eigenvalue weighted by Crippen LogP contribution is -2.15. The van der Waals surface area contributed by atoms with Crippen molar-refractivity contribution in [1.29, 1.82) is 0 Å². The summed E-state index contributed by atoms with van der Waals surface area (Å²) in [6.07, 6.45) is 0. The third-order valence-electron chi connectivity index (χ3n) is 4.51. The fourth-order valence-corrected chi connectivity index (χ4v) is 3.74. The summed E-state index contributed by atoms with van der Waals surface area (Å²) >= 11 is 1.34. The van der Waals surface area contributed by atoms with Crippen molar-refractivity contribution in [2.75, 3.05) is 18.2 Å². The lowest BCUT2D eigenvalue weighted by molar-refractivity contribution is -0.113. The molecule has 2 aromatic carbocycles. The van der Waals surface area contributed by atoms with Crippen LogP contribution in [-0.2, 0) is 22.7 Å². The Morgan fingerprint density at radius 1 is 1.19 bits per heavy atom. The minimum Gasteiger partial charge on any atom is -0.497 e. The van der Waals surface area contributed by atoms with Crippen LogP contribution in [0.1, 0.15) is 23.9 Å². The van der Waals surface area contributed by atoms with E-state index in [2.05, 4.69) is 22.1 Å². The number of methoxy groups -OCH3 is 1. The van der Waals surface area contributed by atoms with Gasteiger partial charge in [0.25, 0.3) is 0 Å². The second-order valence-electron chi connectivity index (χ2n) is 6.79. The number of thioether (sulfide) groups is 1. The van der Waals surface area contributed by atoms with Gasteiger partial charge in [-0.1, -0.05) is 42.6 Å². The number of rotatable bonds is 10. The molecular weight excluding hydrogens is 412 g/mol. The topological polar surface area (TPSA) is 78.3 Å². The highest BCUT2D eigenvalue weighted by molar-refractivity contribution is 7.99. The molecule has 7 nitrogen and oxygen atoms in total. The number of aromatic nitrogens is 3. The Bertz CT molecular complexity index is 1060. The van der Waals surface area contributed by atoms with Gasteiger partial charge in [-0.2, -0.15) is 0 Å². The molecule has 1 heterocycles. The minimum atomic E-state index is -0.131. The van der Waals surface area contributed by atoms with Crippen LogP contribution in [0.25, 0.3) is 5.76 Å². The van der Waals surface area contributed by atoms with Crippen molar-refractivity contribution < 1.29 is 14.3 Å². The van der Waals surface area contributed by atoms with Crippen LogP contribution >= 0.6 is 11.8 Å². The molecule has 0 fully saturated rings. The molecule has 31 heavy (non-hydrogen) atoms. The van der Waals surface area contributed by atoms with E-state index >= 15 is 0 Å². The van der Waals surface area contributed by atoms with E-state index in [4.69, 9.17) is 9.47 Å². The van der Waals surface area contributed by atoms with Gasteiger partial charge in [-0.3, -0.25) is 4.79 Å². The Morgan fingerprint density at radius 2 is 2.00 bits per heavy atom. The summed E-state index contributed by atoms with van der Waals surface area (Å²) in [6, 6.07) is 15.2. The number of nitrogens with one attached hydrogen (secondary N) is 1. The number of hydrogen-bond acceptors (Lipinski definition) is 6. The molecule has 0 atom stereocenters. The summed E-state index contributed by atoms with van der Waals surface area (Å²) < 4.78 is 12.9. The van der Waals surface area contributed by atoms with Gasteiger partial charge in [0.1, 0.15) is 18.1 Å². The predicted molar refractivity (Wildman–Crippen MR) is 123 cm³/mol. The zero-order valence-electron chi connectivity index (χ0n) is 17.9. The Labute approximate surface area is 186 Å². The van der Waals surface area contributed by atoms with E-state index in [9.17, 15) is 4.79 Å². The number of nitrogens with zero attached hydrogens (tertiary/aromatic N) is 3. The Hall–Kier alpha value is -3.26. The maximum absolute atomic E-state index is 12.4. The van der Waals surface area contributed by atoms with Crippen molar-refractivity contribution >= 4 is 29.1 Å². The molecule has 3 aromatic rings. The molecule has 0 radical (unpaired) electrons. The molecule has 0 aliphatic rings. The molecule has 3 rings (SSSR count). The first-order valence-corrected chi connectivity index (χ1v) is 10.9. The molecule has 0 saturated carbocycles. The van der Waals surface area contributed by atoms with Gasteiger partial charge >= 0.3 is 0 Å². The summed E-state index contributed by atoms with van der Waals surface area (Å²) in [5, 5.41) is 12.0. The first-order valence-electron chi connectivity index (χ1n) is 9.87. The van der Waals surface area contributed by atoms with Crippen LogP contribution in [0.4, 0.5) is 5.69 Å². The van der Waals surface area contributed by atoms with Crippen molar-refractivity contribution in [2.24, 2.45) is 0 Å². The van der Waals surface area contributed by atoms with Crippen molar-refractivity contribution in [3.63, 3.8) is 0 Å². The number of carbonyl (C=O) groups is 1. The van der Waals surface area contributed by atoms with Crippen molar-refractivity contribution in [3.8, 4) is 5.75 Å². The van der Waals surface area contributed by atoms with Gasteiger partial charge in [-0.25, -0.2) is 0 Å². The summed E-state index contributed by atoms with van der Waals surface area (Å²) in [5.41, 5.74) is 2.64. The third kappa shape index (κ3) is 6.11. The molecule has 162 valence electrons. The van der Waals surface area contributed by atoms with Crippen LogP contribution in [0.5, 0.6) is 5.75 Å². The van der Waals surface area contributed by atoms with Crippen LogP contribution in [0.15, 0.2) is 60.3 Å². The van der Waals surface area contributed by atoms with E-state index < -0.39 is 0 Å². The lowest BCUT2D eigenvalue weighted by atomic mass is 10.2. The second kappa shape index (κ2) is 10.7. The quantitative estimate of drug-likeness (QED) is 0.370. The van der Waals surface area contributed by atoms with Crippen LogP contribution in [-0.4, -0.2) is 33.5 Å². The second-order valence-corrected chi connectivity index (χ2v) is 7.74. The molecule has 8 heteroatoms. The number of ether oxygens (including phenoxy) is 2. The third-order valence-corrected chi connectivity index (χ3v) is 5.48. The van der Waals surface area contributed by atoms with E-state index in [1.54, 1.807) is 7.11 Å². The highest BCUT2D eigenvalue weighted by atomic mass is 32.2. The van der Waals surface area contributed by atoms with Gasteiger partial charge in [-0.05, 0) is 43.7 Å². The molecule has 1 aromatic heterocycles. The van der Waals surface area contributed by atoms with Crippen LogP contribution < -0.4 is 10.1 Å². The summed E-state index contributed by atoms with van der Waals surface area (Å²) in [5.74, 6) is 2.14. The van der Waals surface area contributed by atoms with Crippen LogP contribution in [0.2, 0.25) is 0 Å². The van der Waals surface area contributed by atoms with Gasteiger partial charge < -0.3 is 19.4 Å². The normalized spacial score (nSPS) is 10.5. The van der Waals surface area contributed by atoms with Crippen molar-refractivity contribution in [2.45, 2.75) is 32.2 Å². The molecule has 0 aliphatic carbocycles. The number of anilines is 1. The van der Waals surface area contributed by atoms with E-state index in [-0.39, 0.29) is 11.7 Å². The predicted octanol–water partition coefficient (Wildman–Crippen LogP) is 4.53. The van der Waals surface area contributed by atoms with E-state index in [0.29, 0.717) is 29.8 Å². The molecule has 0 spiro atoms. The standard InChI is InChI=1S/C23H26N4O3S/c1-5-27-21(14-30-20-11-6-8-16(2)12-20)25-26-23(27)31-15-22(28)24-19-10-7-9-18(13-19)17(3)29-4/h6-13H,3,5,14-15H2,1-2,4H3,(H,24,28). The number of benzene rings is 2. The summed E-state index contributed by atoms with van der Waals surface area (Å²) in [4.78, 5) is 12.4. The monoisotopic (exact) mass is 438 g/mol. The zero-order valence-corrected chi connectivity index (χ0v) is 18.7. The molecule has 0 unspecified atom stereocenters. The first kappa shape index (κ1) is 22.4. The molecule has 1 amide bonds. The molecule has 0 saturated heterocycles. The fraction of sp³-hybridized carbons (Fsp3) is 0.261. The van der Waals surface area contributed by atoms with Gasteiger partial charge in [0, 0.05) is 17.8 Å². The first-order chi connectivity index (χ1) is 15.0. The maximum atomic E-state index is 12.4. The van der Waals surface area contributed by atoms with Gasteiger partial charge in [0.05, 0.1) is 12.9 Å². The average molecular weight is 439 g/mol. The Kier molecular flexibility index (Phi) is 7.72. The van der Waals surface area contributed by atoms with Gasteiger partial charge in [0.2, 0.25) is 5.91 Å². The van der Waals surface area contributed by atoms with E-state index in [1.807, 2.05) is 66.9 Å². The van der Waals surface area contributed by atoms with Gasteiger partial charge in [-0.15, -0.1) is 10.2 Å². The van der Waals surface area contributed by atoms with E-state index in [0.717, 1.165) is 22.7 Å². The van der Waals surface area contributed by atoms with Crippen LogP contribution in [0, 0.1) is 6.92 Å². The Balaban J connectivity index is 1.57. The summed E-state index contributed by atoms with van der Waals surface area (Å²) in [6.45, 7) is 8.86. The van der Waals surface area contributed by atoms with Gasteiger partial charge in [0.15, 0.2) is 11.0 Å². The number of hydrogen-bond donors (Lipinski definition) is 1. The lowest BCUT2D eigenvalue weighted by Gasteiger charge is -2.10. The SMILES string of the molecule is C=C(OC)c1cccc(NC(=O)CSc2nnc(COc3cccc(C)c3)n2CC)c1. The fourth-order valence-electron chi connectivity index (χ4n) is 2.92. The zero-order chi connectivity index (χ0) is 22.2. The largest absolute Gasteiger partial charge is 0.497 e. The summed E-state index contributed by atoms with van der Waals surface area (Å²) in [7, 11) is 1.56. The smallest absolute Gasteiger partial charge is 0.234 e. The Morgan fingerprint density at radius 3 is 2.74 bits per heavy atom. The number of amides is 1. The highest BCUT2D eigenvalue weighted by Gasteiger charge is 2.14. The number of carbonyl (C=O) groups excluding carboxylic acids is 1. The molecule has 0 aliphatic heterocycles.